The van der Waals surface area contributed by atoms with Crippen LogP contribution in [-0.4, -0.2) is 74.6 Å². The molecule has 2 aliphatic rings. The first-order valence-electron chi connectivity index (χ1n) is 17.9. The summed E-state index contributed by atoms with van der Waals surface area (Å²) in [6, 6.07) is 19.8. The first-order valence-corrected chi connectivity index (χ1v) is 19.4. The highest BCUT2D eigenvalue weighted by Crippen LogP contribution is 2.37. The van der Waals surface area contributed by atoms with Crippen LogP contribution in [0.25, 0.3) is 0 Å². The molecule has 3 aromatic carbocycles. The van der Waals surface area contributed by atoms with E-state index in [1.54, 1.807) is 36.1 Å². The van der Waals surface area contributed by atoms with Crippen molar-refractivity contribution in [2.45, 2.75) is 95.2 Å². The number of fused-ring (bicyclic) bond motifs is 1. The van der Waals surface area contributed by atoms with Gasteiger partial charge in [0.05, 0.1) is 0 Å². The Morgan fingerprint density at radius 2 is 1.46 bits per heavy atom. The lowest BCUT2D eigenvalue weighted by Crippen LogP contribution is -2.59. The van der Waals surface area contributed by atoms with Gasteiger partial charge in [-0.3, -0.25) is 29.0 Å². The summed E-state index contributed by atoms with van der Waals surface area (Å²) in [6.45, 7) is 1.83. The van der Waals surface area contributed by atoms with Gasteiger partial charge in [-0.05, 0) is 61.4 Å². The number of benzene rings is 3. The van der Waals surface area contributed by atoms with Crippen molar-refractivity contribution in [3.8, 4) is 5.75 Å². The van der Waals surface area contributed by atoms with E-state index in [-0.39, 0.29) is 30.7 Å². The molecule has 2 aliphatic heterocycles. The third-order valence-electron chi connectivity index (χ3n) is 9.42. The maximum atomic E-state index is 14.2. The van der Waals surface area contributed by atoms with E-state index in [4.69, 9.17) is 14.5 Å². The summed E-state index contributed by atoms with van der Waals surface area (Å²) >= 11 is 0. The van der Waals surface area contributed by atoms with Crippen LogP contribution < -0.4 is 25.8 Å². The van der Waals surface area contributed by atoms with Crippen LogP contribution in [0.2, 0.25) is 0 Å². The molecule has 54 heavy (non-hydrogen) atoms. The normalized spacial score (nSPS) is 19.6. The van der Waals surface area contributed by atoms with Crippen molar-refractivity contribution in [3.63, 3.8) is 0 Å². The molecule has 0 unspecified atom stereocenters. The van der Waals surface area contributed by atoms with Gasteiger partial charge in [0, 0.05) is 19.0 Å². The maximum Gasteiger partial charge on any atom is 0.524 e. The van der Waals surface area contributed by atoms with Gasteiger partial charge in [-0.15, -0.1) is 0 Å². The molecule has 2 saturated heterocycles. The van der Waals surface area contributed by atoms with Gasteiger partial charge in [-0.25, -0.2) is 9.36 Å². The van der Waals surface area contributed by atoms with Gasteiger partial charge < -0.3 is 35.4 Å². The number of hydrogen-bond donors (Lipinski definition) is 6. The molecule has 3 aromatic rings. The molecule has 15 nitrogen and oxygen atoms in total. The summed E-state index contributed by atoms with van der Waals surface area (Å²) in [7, 11) is -4.79. The van der Waals surface area contributed by atoms with Crippen LogP contribution in [0, 0.1) is 0 Å². The van der Waals surface area contributed by atoms with Gasteiger partial charge in [-0.2, -0.15) is 0 Å². The number of carbonyl (C=O) groups is 5. The van der Waals surface area contributed by atoms with Crippen molar-refractivity contribution >= 4 is 37.5 Å². The van der Waals surface area contributed by atoms with Crippen molar-refractivity contribution in [1.29, 1.82) is 0 Å². The number of amides is 5. The standard InChI is InChI=1S/C38H46N5O10P/c1-25(34(44)39-23-27-10-4-2-5-11-27)40-36(46)33-21-18-29-14-8-9-15-31(37(47)43(29)33)41-35(45)32(42-38(48)52-24-28-12-6-3-7-13-28)22-26-16-19-30(20-17-26)53-54(49,50)51/h2-7,10-13,16-17,19-20,25,29,31-33H,8-9,14-15,18,21-24H2,1H3,(H,39,44)(H,40,46)(H,41,45)(H,42,48)(H2,49,50,51)/t25-,29-,31-,32-,33-/m0/s1. The zero-order valence-corrected chi connectivity index (χ0v) is 30.8. The van der Waals surface area contributed by atoms with Crippen molar-refractivity contribution < 1.29 is 47.6 Å². The number of hydrogen-bond acceptors (Lipinski definition) is 8. The second-order valence-corrected chi connectivity index (χ2v) is 14.6. The van der Waals surface area contributed by atoms with Gasteiger partial charge >= 0.3 is 13.9 Å². The highest BCUT2D eigenvalue weighted by atomic mass is 31.2. The molecule has 288 valence electrons. The van der Waals surface area contributed by atoms with Crippen LogP contribution in [-0.2, 0) is 48.1 Å². The van der Waals surface area contributed by atoms with E-state index < -0.39 is 55.8 Å². The van der Waals surface area contributed by atoms with E-state index >= 15 is 0 Å². The Hall–Kier alpha value is -5.24. The monoisotopic (exact) mass is 763 g/mol. The van der Waals surface area contributed by atoms with Crippen LogP contribution in [0.5, 0.6) is 5.75 Å². The molecule has 5 atom stereocenters. The fourth-order valence-corrected chi connectivity index (χ4v) is 7.08. The lowest BCUT2D eigenvalue weighted by molar-refractivity contribution is -0.145. The average molecular weight is 764 g/mol. The molecule has 0 bridgehead atoms. The van der Waals surface area contributed by atoms with Crippen LogP contribution in [0.4, 0.5) is 4.79 Å². The fraction of sp³-hybridized carbons (Fsp3) is 0.395. The van der Waals surface area contributed by atoms with Crippen molar-refractivity contribution in [3.05, 3.63) is 102 Å². The molecule has 0 spiro atoms. The molecule has 6 N–H and O–H groups in total. The lowest BCUT2D eigenvalue weighted by atomic mass is 9.98. The quantitative estimate of drug-likeness (QED) is 0.132. The molecule has 2 fully saturated rings. The largest absolute Gasteiger partial charge is 0.524 e. The molecular weight excluding hydrogens is 717 g/mol. The lowest BCUT2D eigenvalue weighted by Gasteiger charge is -2.36. The molecule has 0 radical (unpaired) electrons. The summed E-state index contributed by atoms with van der Waals surface area (Å²) in [5.41, 5.74) is 2.16. The first kappa shape index (κ1) is 40.0. The Labute approximate surface area is 313 Å². The molecule has 5 amide bonds. The first-order chi connectivity index (χ1) is 25.9. The van der Waals surface area contributed by atoms with Gasteiger partial charge in [-0.1, -0.05) is 85.6 Å². The van der Waals surface area contributed by atoms with Gasteiger partial charge in [0.1, 0.15) is 36.5 Å². The molecule has 2 heterocycles. The van der Waals surface area contributed by atoms with E-state index in [1.807, 2.05) is 36.4 Å². The molecule has 0 aliphatic carbocycles. The third-order valence-corrected chi connectivity index (χ3v) is 9.87. The minimum absolute atomic E-state index is 0.0519. The third kappa shape index (κ3) is 11.6. The number of ether oxygens (including phenoxy) is 1. The number of nitrogens with one attached hydrogen (secondary N) is 4. The van der Waals surface area contributed by atoms with Crippen molar-refractivity contribution in [1.82, 2.24) is 26.2 Å². The predicted octanol–water partition coefficient (Wildman–Crippen LogP) is 3.24. The Balaban J connectivity index is 1.26. The van der Waals surface area contributed by atoms with E-state index in [2.05, 4.69) is 25.8 Å². The number of alkyl carbamates (subject to hydrolysis) is 1. The van der Waals surface area contributed by atoms with Crippen LogP contribution >= 0.6 is 7.82 Å². The smallest absolute Gasteiger partial charge is 0.445 e. The topological polar surface area (TPSA) is 213 Å². The second kappa shape index (κ2) is 18.7. The maximum absolute atomic E-state index is 14.2. The summed E-state index contributed by atoms with van der Waals surface area (Å²) in [4.78, 5) is 87.2. The zero-order chi connectivity index (χ0) is 38.7. The van der Waals surface area contributed by atoms with Crippen molar-refractivity contribution in [2.24, 2.45) is 0 Å². The minimum Gasteiger partial charge on any atom is -0.445 e. The highest BCUT2D eigenvalue weighted by Gasteiger charge is 2.44. The Bertz CT molecular complexity index is 1810. The summed E-state index contributed by atoms with van der Waals surface area (Å²) in [6.07, 6.45) is 2.48. The predicted molar refractivity (Wildman–Crippen MR) is 196 cm³/mol. The molecular formula is C38H46N5O10P. The minimum atomic E-state index is -4.79. The van der Waals surface area contributed by atoms with Crippen LogP contribution in [0.3, 0.4) is 0 Å². The van der Waals surface area contributed by atoms with Gasteiger partial charge in [0.25, 0.3) is 0 Å². The molecule has 5 rings (SSSR count). The van der Waals surface area contributed by atoms with Gasteiger partial charge in [0.15, 0.2) is 0 Å². The Morgan fingerprint density at radius 1 is 0.815 bits per heavy atom. The molecule has 0 saturated carbocycles. The number of carbonyl (C=O) groups excluding carboxylic acids is 5. The summed E-state index contributed by atoms with van der Waals surface area (Å²) in [5, 5.41) is 11.0. The van der Waals surface area contributed by atoms with Gasteiger partial charge in [0.2, 0.25) is 23.6 Å². The van der Waals surface area contributed by atoms with Crippen molar-refractivity contribution in [2.75, 3.05) is 0 Å². The second-order valence-electron chi connectivity index (χ2n) is 13.5. The van der Waals surface area contributed by atoms with Crippen LogP contribution in [0.1, 0.15) is 62.1 Å². The highest BCUT2D eigenvalue weighted by molar-refractivity contribution is 7.46. The fourth-order valence-electron chi connectivity index (χ4n) is 6.68. The van der Waals surface area contributed by atoms with E-state index in [1.165, 1.54) is 24.3 Å². The van der Waals surface area contributed by atoms with Crippen LogP contribution in [0.15, 0.2) is 84.9 Å². The number of nitrogens with zero attached hydrogens (tertiary/aromatic N) is 1. The number of phosphoric ester groups is 1. The summed E-state index contributed by atoms with van der Waals surface area (Å²) < 4.78 is 21.2. The number of phosphoric acid groups is 1. The molecule has 16 heteroatoms. The van der Waals surface area contributed by atoms with E-state index in [9.17, 15) is 28.5 Å². The summed E-state index contributed by atoms with van der Waals surface area (Å²) in [5.74, 6) is -2.00. The number of rotatable bonds is 14. The SMILES string of the molecule is C[C@H](NC(=O)[C@@H]1CC[C@@H]2CCCC[C@H](NC(=O)[C@H](Cc3ccc(OP(=O)(O)O)cc3)NC(=O)OCc3ccccc3)C(=O)N21)C(=O)NCc1ccccc1. The van der Waals surface area contributed by atoms with E-state index in [0.29, 0.717) is 44.2 Å². The Morgan fingerprint density at radius 3 is 2.13 bits per heavy atom. The Kier molecular flexibility index (Phi) is 13.8. The average Bonchev–Trinajstić information content (AvgIpc) is 3.57. The molecule has 0 aromatic heterocycles. The zero-order valence-electron chi connectivity index (χ0n) is 29.9. The van der Waals surface area contributed by atoms with E-state index in [0.717, 1.165) is 17.5 Å².